The molecule has 42 heavy (non-hydrogen) atoms. The number of amides is 4. The maximum Gasteiger partial charge on any atom is 0.326 e. The molecule has 2 rings (SSSR count). The van der Waals surface area contributed by atoms with Crippen molar-refractivity contribution in [2.24, 2.45) is 17.4 Å². The first-order valence-electron chi connectivity index (χ1n) is 13.5. The minimum absolute atomic E-state index is 0.00261. The molecule has 13 nitrogen and oxygen atoms in total. The molecule has 0 aliphatic carbocycles. The molecule has 0 spiro atoms. The van der Waals surface area contributed by atoms with Crippen molar-refractivity contribution in [3.05, 3.63) is 59.7 Å². The van der Waals surface area contributed by atoms with E-state index in [1.165, 1.54) is 24.3 Å². The van der Waals surface area contributed by atoms with Gasteiger partial charge in [0, 0.05) is 12.8 Å². The number of carboxylic acids is 1. The topological polar surface area (TPSA) is 234 Å². The average molecular weight is 586 g/mol. The number of hydrogen-bond acceptors (Lipinski definition) is 8. The first-order chi connectivity index (χ1) is 19.8. The highest BCUT2D eigenvalue weighted by Crippen LogP contribution is 2.14. The maximum atomic E-state index is 13.5. The maximum absolute atomic E-state index is 13.5. The monoisotopic (exact) mass is 585 g/mol. The van der Waals surface area contributed by atoms with Crippen LogP contribution < -0.4 is 27.4 Å². The van der Waals surface area contributed by atoms with Crippen LogP contribution in [0.2, 0.25) is 0 Å². The Morgan fingerprint density at radius 1 is 0.762 bits per heavy atom. The van der Waals surface area contributed by atoms with E-state index >= 15 is 0 Å². The van der Waals surface area contributed by atoms with Crippen LogP contribution in [0.25, 0.3) is 0 Å². The van der Waals surface area contributed by atoms with Crippen LogP contribution in [0.5, 0.6) is 11.5 Å². The Morgan fingerprint density at radius 2 is 1.24 bits per heavy atom. The van der Waals surface area contributed by atoms with Gasteiger partial charge in [-0.1, -0.05) is 44.5 Å². The Hall–Kier alpha value is -4.65. The molecule has 4 amide bonds. The van der Waals surface area contributed by atoms with E-state index in [0.717, 1.165) is 0 Å². The van der Waals surface area contributed by atoms with Crippen LogP contribution in [0.3, 0.4) is 0 Å². The second kappa shape index (κ2) is 16.0. The Morgan fingerprint density at radius 3 is 1.71 bits per heavy atom. The highest BCUT2D eigenvalue weighted by Gasteiger charge is 2.32. The molecule has 0 aliphatic rings. The van der Waals surface area contributed by atoms with Gasteiger partial charge in [-0.2, -0.15) is 0 Å². The predicted molar refractivity (Wildman–Crippen MR) is 153 cm³/mol. The number of primary amides is 1. The fourth-order valence-corrected chi connectivity index (χ4v) is 4.10. The molecule has 228 valence electrons. The highest BCUT2D eigenvalue weighted by molar-refractivity contribution is 5.94. The van der Waals surface area contributed by atoms with Crippen molar-refractivity contribution in [1.82, 2.24) is 16.0 Å². The van der Waals surface area contributed by atoms with Gasteiger partial charge >= 0.3 is 5.97 Å². The van der Waals surface area contributed by atoms with Gasteiger partial charge in [-0.15, -0.1) is 0 Å². The zero-order chi connectivity index (χ0) is 31.4. The van der Waals surface area contributed by atoms with Crippen molar-refractivity contribution in [2.75, 3.05) is 0 Å². The van der Waals surface area contributed by atoms with Gasteiger partial charge in [-0.05, 0) is 54.2 Å². The van der Waals surface area contributed by atoms with Gasteiger partial charge in [0.25, 0.3) is 0 Å². The second-order valence-corrected chi connectivity index (χ2v) is 10.2. The van der Waals surface area contributed by atoms with E-state index in [2.05, 4.69) is 16.0 Å². The van der Waals surface area contributed by atoms with Crippen LogP contribution in [-0.4, -0.2) is 69.1 Å². The van der Waals surface area contributed by atoms with Crippen LogP contribution in [-0.2, 0) is 36.8 Å². The van der Waals surface area contributed by atoms with Gasteiger partial charge in [0.15, 0.2) is 0 Å². The summed E-state index contributed by atoms with van der Waals surface area (Å²) in [6.07, 6.45) is 0.0423. The number of hydrogen-bond donors (Lipinski definition) is 8. The molecule has 0 heterocycles. The summed E-state index contributed by atoms with van der Waals surface area (Å²) in [7, 11) is 0. The number of nitrogens with one attached hydrogen (secondary N) is 3. The Balaban J connectivity index is 2.27. The summed E-state index contributed by atoms with van der Waals surface area (Å²) in [4.78, 5) is 62.8. The van der Waals surface area contributed by atoms with Gasteiger partial charge in [0.05, 0.1) is 6.04 Å². The first-order valence-corrected chi connectivity index (χ1v) is 13.5. The minimum Gasteiger partial charge on any atom is -0.508 e. The summed E-state index contributed by atoms with van der Waals surface area (Å²) in [5.74, 6) is -4.62. The Labute approximate surface area is 243 Å². The largest absolute Gasteiger partial charge is 0.508 e. The number of carbonyl (C=O) groups excluding carboxylic acids is 4. The van der Waals surface area contributed by atoms with E-state index in [9.17, 15) is 39.3 Å². The van der Waals surface area contributed by atoms with Crippen molar-refractivity contribution < 1.29 is 39.3 Å². The molecule has 10 N–H and O–H groups in total. The Bertz CT molecular complexity index is 1240. The number of nitrogens with two attached hydrogens (primary N) is 2. The summed E-state index contributed by atoms with van der Waals surface area (Å²) >= 11 is 0. The van der Waals surface area contributed by atoms with E-state index in [-0.39, 0.29) is 37.2 Å². The number of phenolic OH excluding ortho intramolecular Hbond substituents is 2. The van der Waals surface area contributed by atoms with Crippen LogP contribution in [0.4, 0.5) is 0 Å². The van der Waals surface area contributed by atoms with Gasteiger partial charge < -0.3 is 42.7 Å². The third kappa shape index (κ3) is 10.7. The molecular weight excluding hydrogens is 546 g/mol. The van der Waals surface area contributed by atoms with Crippen molar-refractivity contribution in [3.8, 4) is 11.5 Å². The van der Waals surface area contributed by atoms with Crippen LogP contribution in [0.1, 0.15) is 44.2 Å². The van der Waals surface area contributed by atoms with Crippen molar-refractivity contribution in [2.45, 2.75) is 70.1 Å². The van der Waals surface area contributed by atoms with Crippen molar-refractivity contribution >= 4 is 29.6 Å². The van der Waals surface area contributed by atoms with Crippen LogP contribution >= 0.6 is 0 Å². The van der Waals surface area contributed by atoms with Gasteiger partial charge in [-0.25, -0.2) is 4.79 Å². The van der Waals surface area contributed by atoms with E-state index < -0.39 is 59.7 Å². The van der Waals surface area contributed by atoms with E-state index in [1.807, 2.05) is 0 Å². The molecule has 5 unspecified atom stereocenters. The lowest BCUT2D eigenvalue weighted by atomic mass is 9.98. The SMILES string of the molecule is CCC(C)C(NC(=O)C(CCC(N)=O)NC(=O)C(Cc1ccc(O)cc1)NC(=O)C(N)Cc1ccc(O)cc1)C(=O)O. The van der Waals surface area contributed by atoms with Gasteiger partial charge in [0.1, 0.15) is 29.6 Å². The molecule has 0 radical (unpaired) electrons. The molecule has 13 heteroatoms. The van der Waals surface area contributed by atoms with Gasteiger partial charge in [0.2, 0.25) is 23.6 Å². The van der Waals surface area contributed by atoms with E-state index in [4.69, 9.17) is 11.5 Å². The van der Waals surface area contributed by atoms with E-state index in [0.29, 0.717) is 17.5 Å². The minimum atomic E-state index is -1.33. The lowest BCUT2D eigenvalue weighted by Crippen LogP contribution is -2.58. The van der Waals surface area contributed by atoms with Gasteiger partial charge in [-0.3, -0.25) is 19.2 Å². The zero-order valence-electron chi connectivity index (χ0n) is 23.6. The van der Waals surface area contributed by atoms with Crippen LogP contribution in [0, 0.1) is 5.92 Å². The number of phenols is 2. The summed E-state index contributed by atoms with van der Waals surface area (Å²) in [6, 6.07) is 7.18. The van der Waals surface area contributed by atoms with Crippen molar-refractivity contribution in [1.29, 1.82) is 0 Å². The third-order valence-corrected chi connectivity index (χ3v) is 6.83. The molecule has 0 fully saturated rings. The van der Waals surface area contributed by atoms with Crippen molar-refractivity contribution in [3.63, 3.8) is 0 Å². The molecular formula is C29H39N5O8. The molecule has 0 aromatic heterocycles. The zero-order valence-corrected chi connectivity index (χ0v) is 23.6. The molecule has 0 bridgehead atoms. The number of aliphatic carboxylic acids is 1. The summed E-state index contributed by atoms with van der Waals surface area (Å²) < 4.78 is 0. The normalized spacial score (nSPS) is 14.5. The number of carbonyl (C=O) groups is 5. The molecule has 2 aromatic rings. The van der Waals surface area contributed by atoms with Crippen LogP contribution in [0.15, 0.2) is 48.5 Å². The standard InChI is InChI=1S/C29H39N5O8/c1-3-16(2)25(29(41)42)34-27(39)22(12-13-24(31)37)32-28(40)23(15-18-6-10-20(36)11-7-18)33-26(38)21(30)14-17-4-8-19(35)9-5-17/h4-11,16,21-23,25,35-36H,3,12-15,30H2,1-2H3,(H2,31,37)(H,32,40)(H,33,38)(H,34,39)(H,41,42). The average Bonchev–Trinajstić information content (AvgIpc) is 2.94. The summed E-state index contributed by atoms with van der Waals surface area (Å²) in [6.45, 7) is 3.42. The molecule has 0 aliphatic heterocycles. The predicted octanol–water partition coefficient (Wildman–Crippen LogP) is 0.0609. The smallest absolute Gasteiger partial charge is 0.326 e. The quantitative estimate of drug-likeness (QED) is 0.133. The summed E-state index contributed by atoms with van der Waals surface area (Å²) in [5.41, 5.74) is 12.6. The lowest BCUT2D eigenvalue weighted by Gasteiger charge is -2.26. The molecule has 5 atom stereocenters. The third-order valence-electron chi connectivity index (χ3n) is 6.83. The second-order valence-electron chi connectivity index (χ2n) is 10.2. The fourth-order valence-electron chi connectivity index (χ4n) is 4.10. The number of carboxylic acid groups (broad SMARTS) is 1. The lowest BCUT2D eigenvalue weighted by molar-refractivity contribution is -0.144. The van der Waals surface area contributed by atoms with E-state index in [1.54, 1.807) is 38.1 Å². The molecule has 2 aromatic carbocycles. The molecule has 0 saturated heterocycles. The summed E-state index contributed by atoms with van der Waals surface area (Å²) in [5, 5.41) is 36.2. The number of rotatable bonds is 16. The number of aromatic hydroxyl groups is 2. The Kier molecular flexibility index (Phi) is 12.8. The highest BCUT2D eigenvalue weighted by atomic mass is 16.4. The fraction of sp³-hybridized carbons (Fsp3) is 0.414. The number of benzene rings is 2. The first kappa shape index (κ1) is 33.6. The molecule has 0 saturated carbocycles.